The Morgan fingerprint density at radius 1 is 0.941 bits per heavy atom. The van der Waals surface area contributed by atoms with Gasteiger partial charge < -0.3 is 15.2 Å². The van der Waals surface area contributed by atoms with Crippen molar-refractivity contribution in [1.29, 1.82) is 0 Å². The topological polar surface area (TPSA) is 94.3 Å². The average molecular weight is 485 g/mol. The van der Waals surface area contributed by atoms with Crippen LogP contribution in [-0.2, 0) is 10.0 Å². The minimum atomic E-state index is -3.43. The third kappa shape index (κ3) is 5.18. The molecule has 0 saturated carbocycles. The summed E-state index contributed by atoms with van der Waals surface area (Å²) >= 11 is 0. The molecule has 34 heavy (non-hydrogen) atoms. The number of benzene rings is 3. The molecule has 176 valence electrons. The minimum Gasteiger partial charge on any atom is -0.378 e. The number of sulfonamides is 1. The second-order valence-corrected chi connectivity index (χ2v) is 9.85. The summed E-state index contributed by atoms with van der Waals surface area (Å²) in [5.74, 6) is -1.81. The first-order valence-corrected chi connectivity index (χ1v) is 12.1. The van der Waals surface area contributed by atoms with Crippen LogP contribution in [0.1, 0.15) is 10.5 Å². The predicted molar refractivity (Wildman–Crippen MR) is 131 cm³/mol. The Hall–Kier alpha value is -3.92. The number of aromatic nitrogens is 1. The third-order valence-corrected chi connectivity index (χ3v) is 5.71. The van der Waals surface area contributed by atoms with Gasteiger partial charge in [-0.1, -0.05) is 6.07 Å². The first-order chi connectivity index (χ1) is 16.0. The molecule has 0 aliphatic rings. The molecule has 0 radical (unpaired) electrons. The lowest BCUT2D eigenvalue weighted by Crippen LogP contribution is -2.14. The van der Waals surface area contributed by atoms with Crippen molar-refractivity contribution >= 4 is 43.9 Å². The number of nitrogens with one attached hydrogen (secondary N) is 3. The number of hydrogen-bond donors (Lipinski definition) is 3. The van der Waals surface area contributed by atoms with Gasteiger partial charge in [-0.05, 0) is 54.1 Å². The lowest BCUT2D eigenvalue weighted by Gasteiger charge is -2.17. The molecular formula is C24H22F2N4O3S. The Balaban J connectivity index is 1.65. The highest BCUT2D eigenvalue weighted by molar-refractivity contribution is 7.92. The van der Waals surface area contributed by atoms with Crippen molar-refractivity contribution < 1.29 is 22.0 Å². The lowest BCUT2D eigenvalue weighted by molar-refractivity contribution is 0.102. The maximum Gasteiger partial charge on any atom is 0.272 e. The minimum absolute atomic E-state index is 0.206. The fourth-order valence-electron chi connectivity index (χ4n) is 3.55. The molecule has 3 N–H and O–H groups in total. The molecule has 0 fully saturated rings. The molecule has 0 bridgehead atoms. The second-order valence-electron chi connectivity index (χ2n) is 8.10. The summed E-state index contributed by atoms with van der Waals surface area (Å²) in [5, 5.41) is 3.53. The first kappa shape index (κ1) is 23.2. The van der Waals surface area contributed by atoms with Crippen molar-refractivity contribution in [3.8, 4) is 11.1 Å². The smallest absolute Gasteiger partial charge is 0.272 e. The summed E-state index contributed by atoms with van der Waals surface area (Å²) in [6.45, 7) is 0. The standard InChI is InChI=1S/C24H22F2N4O3S/c1-30(2)19-9-15(20-7-5-16(25)11-21(20)26)8-18(12-19)27-24(31)23-10-14-4-6-17(13-22(14)28-23)29-34(3,32)33/h4-13,28-29H,1-3H3,(H,27,31). The van der Waals surface area contributed by atoms with Crippen molar-refractivity contribution in [3.63, 3.8) is 0 Å². The van der Waals surface area contributed by atoms with Crippen LogP contribution in [0.4, 0.5) is 25.8 Å². The van der Waals surface area contributed by atoms with Crippen molar-refractivity contribution in [3.05, 3.63) is 78.0 Å². The van der Waals surface area contributed by atoms with Crippen molar-refractivity contribution in [2.75, 3.05) is 35.3 Å². The summed E-state index contributed by atoms with van der Waals surface area (Å²) in [4.78, 5) is 17.7. The lowest BCUT2D eigenvalue weighted by atomic mass is 10.0. The summed E-state index contributed by atoms with van der Waals surface area (Å²) in [6, 6.07) is 15.0. The van der Waals surface area contributed by atoms with Gasteiger partial charge in [0.2, 0.25) is 10.0 Å². The predicted octanol–water partition coefficient (Wildman–Crippen LogP) is 4.80. The van der Waals surface area contributed by atoms with E-state index in [2.05, 4.69) is 15.0 Å². The highest BCUT2D eigenvalue weighted by Crippen LogP contribution is 2.31. The van der Waals surface area contributed by atoms with E-state index in [9.17, 15) is 22.0 Å². The fourth-order valence-corrected chi connectivity index (χ4v) is 4.10. The van der Waals surface area contributed by atoms with Gasteiger partial charge in [-0.25, -0.2) is 17.2 Å². The van der Waals surface area contributed by atoms with Gasteiger partial charge in [0.05, 0.1) is 11.9 Å². The van der Waals surface area contributed by atoms with Crippen LogP contribution in [0.2, 0.25) is 0 Å². The van der Waals surface area contributed by atoms with Crippen LogP contribution in [0.5, 0.6) is 0 Å². The van der Waals surface area contributed by atoms with Gasteiger partial charge in [0.1, 0.15) is 17.3 Å². The zero-order chi connectivity index (χ0) is 24.6. The maximum absolute atomic E-state index is 14.4. The molecule has 1 amide bonds. The molecule has 10 heteroatoms. The van der Waals surface area contributed by atoms with E-state index in [1.165, 1.54) is 12.1 Å². The van der Waals surface area contributed by atoms with Gasteiger partial charge in [0, 0.05) is 48.0 Å². The van der Waals surface area contributed by atoms with Crippen LogP contribution in [0, 0.1) is 11.6 Å². The van der Waals surface area contributed by atoms with E-state index in [4.69, 9.17) is 0 Å². The van der Waals surface area contributed by atoms with Crippen LogP contribution in [0.25, 0.3) is 22.0 Å². The summed E-state index contributed by atoms with van der Waals surface area (Å²) < 4.78 is 53.1. The van der Waals surface area contributed by atoms with Crippen LogP contribution in [0.15, 0.2) is 60.7 Å². The van der Waals surface area contributed by atoms with Crippen LogP contribution in [-0.4, -0.2) is 39.7 Å². The number of carbonyl (C=O) groups is 1. The van der Waals surface area contributed by atoms with Crippen molar-refractivity contribution in [2.45, 2.75) is 0 Å². The fraction of sp³-hybridized carbons (Fsp3) is 0.125. The molecule has 7 nitrogen and oxygen atoms in total. The zero-order valence-corrected chi connectivity index (χ0v) is 19.4. The molecule has 0 aliphatic heterocycles. The Morgan fingerprint density at radius 2 is 1.71 bits per heavy atom. The quantitative estimate of drug-likeness (QED) is 0.366. The third-order valence-electron chi connectivity index (χ3n) is 5.10. The van der Waals surface area contributed by atoms with E-state index >= 15 is 0 Å². The van der Waals surface area contributed by atoms with Crippen LogP contribution >= 0.6 is 0 Å². The molecule has 0 aliphatic carbocycles. The highest BCUT2D eigenvalue weighted by atomic mass is 32.2. The number of nitrogens with zero attached hydrogens (tertiary/aromatic N) is 1. The molecule has 4 rings (SSSR count). The van der Waals surface area contributed by atoms with E-state index < -0.39 is 27.6 Å². The Labute approximate surface area is 195 Å². The van der Waals surface area contributed by atoms with E-state index in [1.807, 2.05) is 14.1 Å². The first-order valence-electron chi connectivity index (χ1n) is 10.2. The van der Waals surface area contributed by atoms with E-state index in [0.717, 1.165) is 17.7 Å². The number of hydrogen-bond acceptors (Lipinski definition) is 4. The monoisotopic (exact) mass is 484 g/mol. The molecule has 3 aromatic carbocycles. The van der Waals surface area contributed by atoms with Gasteiger partial charge in [-0.2, -0.15) is 0 Å². The molecular weight excluding hydrogens is 462 g/mol. The Bertz CT molecular complexity index is 1510. The van der Waals surface area contributed by atoms with Crippen molar-refractivity contribution in [1.82, 2.24) is 4.98 Å². The maximum atomic E-state index is 14.4. The van der Waals surface area contributed by atoms with Gasteiger partial charge >= 0.3 is 0 Å². The summed E-state index contributed by atoms with van der Waals surface area (Å²) in [6.07, 6.45) is 1.05. The molecule has 0 unspecified atom stereocenters. The second kappa shape index (κ2) is 8.79. The molecule has 1 heterocycles. The number of carbonyl (C=O) groups excluding carboxylic acids is 1. The number of rotatable bonds is 6. The molecule has 0 saturated heterocycles. The SMILES string of the molecule is CN(C)c1cc(NC(=O)c2cc3ccc(NS(C)(=O)=O)cc3[nH]2)cc(-c2ccc(F)cc2F)c1. The average Bonchev–Trinajstić information content (AvgIpc) is 3.16. The summed E-state index contributed by atoms with van der Waals surface area (Å²) in [5.41, 5.74) is 3.03. The normalized spacial score (nSPS) is 11.4. The number of anilines is 3. The molecule has 4 aromatic rings. The molecule has 1 aromatic heterocycles. The van der Waals surface area contributed by atoms with E-state index in [-0.39, 0.29) is 11.3 Å². The Morgan fingerprint density at radius 3 is 2.38 bits per heavy atom. The highest BCUT2D eigenvalue weighted by Gasteiger charge is 2.14. The summed E-state index contributed by atoms with van der Waals surface area (Å²) in [7, 11) is 0.188. The van der Waals surface area contributed by atoms with Crippen LogP contribution < -0.4 is 14.9 Å². The molecule has 0 atom stereocenters. The van der Waals surface area contributed by atoms with E-state index in [0.29, 0.717) is 28.1 Å². The zero-order valence-electron chi connectivity index (χ0n) is 18.6. The van der Waals surface area contributed by atoms with E-state index in [1.54, 1.807) is 47.4 Å². The Kier molecular flexibility index (Phi) is 6.01. The number of amides is 1. The number of halogens is 2. The van der Waals surface area contributed by atoms with Gasteiger partial charge in [-0.3, -0.25) is 9.52 Å². The molecule has 0 spiro atoms. The van der Waals surface area contributed by atoms with Gasteiger partial charge in [0.15, 0.2) is 0 Å². The van der Waals surface area contributed by atoms with Gasteiger partial charge in [-0.15, -0.1) is 0 Å². The van der Waals surface area contributed by atoms with Crippen molar-refractivity contribution in [2.24, 2.45) is 0 Å². The number of fused-ring (bicyclic) bond motifs is 1. The number of aromatic amines is 1. The van der Waals surface area contributed by atoms with Gasteiger partial charge in [0.25, 0.3) is 5.91 Å². The largest absolute Gasteiger partial charge is 0.378 e. The number of H-pyrrole nitrogens is 1. The van der Waals surface area contributed by atoms with Crippen LogP contribution in [0.3, 0.4) is 0 Å².